The number of aromatic nitrogens is 1. The van der Waals surface area contributed by atoms with Crippen molar-refractivity contribution < 1.29 is 18.4 Å². The van der Waals surface area contributed by atoms with E-state index < -0.39 is 11.8 Å². The van der Waals surface area contributed by atoms with E-state index in [1.165, 1.54) is 18.4 Å². The fourth-order valence-corrected chi connectivity index (χ4v) is 1.68. The highest BCUT2D eigenvalue weighted by molar-refractivity contribution is 6.37. The van der Waals surface area contributed by atoms with E-state index in [0.29, 0.717) is 5.56 Å². The molecule has 0 bridgehead atoms. The van der Waals surface area contributed by atoms with Crippen LogP contribution < -0.4 is 5.32 Å². The van der Waals surface area contributed by atoms with Crippen molar-refractivity contribution in [2.45, 2.75) is 13.5 Å². The van der Waals surface area contributed by atoms with Crippen LogP contribution in [-0.2, 0) is 16.1 Å². The average Bonchev–Trinajstić information content (AvgIpc) is 3.07. The summed E-state index contributed by atoms with van der Waals surface area (Å²) in [6.45, 7) is 1.82. The number of ether oxygens (including phenoxy) is 1. The van der Waals surface area contributed by atoms with Gasteiger partial charge in [-0.25, -0.2) is 14.2 Å². The number of nitrogens with one attached hydrogen (secondary N) is 2. The third-order valence-corrected chi connectivity index (χ3v) is 2.78. The van der Waals surface area contributed by atoms with Crippen molar-refractivity contribution in [3.8, 4) is 0 Å². The third-order valence-electron chi connectivity index (χ3n) is 2.78. The molecule has 0 aliphatic heterocycles. The van der Waals surface area contributed by atoms with E-state index in [2.05, 4.69) is 20.0 Å². The minimum atomic E-state index is -0.739. The van der Waals surface area contributed by atoms with Crippen LogP contribution in [0.15, 0.2) is 46.1 Å². The zero-order valence-corrected chi connectivity index (χ0v) is 12.4. The van der Waals surface area contributed by atoms with Crippen molar-refractivity contribution in [3.63, 3.8) is 0 Å². The molecule has 0 aliphatic carbocycles. The lowest BCUT2D eigenvalue weighted by Gasteiger charge is -2.09. The quantitative estimate of drug-likeness (QED) is 0.509. The van der Waals surface area contributed by atoms with E-state index >= 15 is 0 Å². The number of carbonyl (C=O) groups excluding carboxylic acids is 1. The molecule has 0 unspecified atom stereocenters. The number of amidine groups is 2. The smallest absolute Gasteiger partial charge is 0.374 e. The lowest BCUT2D eigenvalue weighted by molar-refractivity contribution is -0.135. The third kappa shape index (κ3) is 4.47. The highest BCUT2D eigenvalue weighted by Gasteiger charge is 2.15. The van der Waals surface area contributed by atoms with Gasteiger partial charge in [-0.1, -0.05) is 23.4 Å². The number of benzene rings is 1. The molecule has 1 aromatic carbocycles. The second kappa shape index (κ2) is 7.83. The molecule has 120 valence electrons. The highest BCUT2D eigenvalue weighted by atomic mass is 19.1. The Balaban J connectivity index is 2.16. The predicted octanol–water partition coefficient (Wildman–Crippen LogP) is 1.89. The summed E-state index contributed by atoms with van der Waals surface area (Å²) in [5.41, 5.74) is 0.525. The monoisotopic (exact) mass is 318 g/mol. The molecule has 7 nitrogen and oxygen atoms in total. The molecule has 23 heavy (non-hydrogen) atoms. The van der Waals surface area contributed by atoms with Crippen LogP contribution in [0.25, 0.3) is 0 Å². The Morgan fingerprint density at radius 1 is 1.43 bits per heavy atom. The molecule has 0 fully saturated rings. The molecule has 1 aromatic heterocycles. The molecule has 0 spiro atoms. The maximum absolute atomic E-state index is 13.6. The largest absolute Gasteiger partial charge is 0.460 e. The Labute approximate surface area is 131 Å². The number of halogens is 1. The summed E-state index contributed by atoms with van der Waals surface area (Å²) < 4.78 is 23.1. The molecule has 0 radical (unpaired) electrons. The normalized spacial score (nSPS) is 11.1. The van der Waals surface area contributed by atoms with Gasteiger partial charge in [0.25, 0.3) is 0 Å². The molecule has 2 N–H and O–H groups in total. The van der Waals surface area contributed by atoms with Gasteiger partial charge in [0, 0.05) is 18.2 Å². The maximum atomic E-state index is 13.6. The number of carbonyl (C=O) groups is 1. The first-order valence-electron chi connectivity index (χ1n) is 6.84. The van der Waals surface area contributed by atoms with Gasteiger partial charge in [-0.05, 0) is 13.0 Å². The van der Waals surface area contributed by atoms with E-state index in [-0.39, 0.29) is 30.5 Å². The Morgan fingerprint density at radius 3 is 2.87 bits per heavy atom. The summed E-state index contributed by atoms with van der Waals surface area (Å²) >= 11 is 0. The molecule has 8 heteroatoms. The average molecular weight is 318 g/mol. The molecule has 1 heterocycles. The SMILES string of the molecule is CCOC(=O)/C(=N/C(=N)c1ccon1)NCc1ccccc1F. The summed E-state index contributed by atoms with van der Waals surface area (Å²) in [6, 6.07) is 7.58. The van der Waals surface area contributed by atoms with Crippen LogP contribution in [0.3, 0.4) is 0 Å². The first-order chi connectivity index (χ1) is 11.1. The van der Waals surface area contributed by atoms with Gasteiger partial charge < -0.3 is 14.6 Å². The zero-order chi connectivity index (χ0) is 16.7. The van der Waals surface area contributed by atoms with Gasteiger partial charge in [-0.15, -0.1) is 0 Å². The molecule has 0 aliphatic rings. The Bertz CT molecular complexity index is 713. The lowest BCUT2D eigenvalue weighted by atomic mass is 10.2. The number of nitrogens with zero attached hydrogens (tertiary/aromatic N) is 2. The number of hydrogen-bond donors (Lipinski definition) is 2. The summed E-state index contributed by atoms with van der Waals surface area (Å²) in [6.07, 6.45) is 1.29. The van der Waals surface area contributed by atoms with Crippen molar-refractivity contribution in [1.82, 2.24) is 10.5 Å². The van der Waals surface area contributed by atoms with Crippen LogP contribution in [0.4, 0.5) is 4.39 Å². The van der Waals surface area contributed by atoms with Crippen LogP contribution in [0, 0.1) is 11.2 Å². The van der Waals surface area contributed by atoms with Crippen molar-refractivity contribution >= 4 is 17.6 Å². The summed E-state index contributed by atoms with van der Waals surface area (Å²) in [7, 11) is 0. The van der Waals surface area contributed by atoms with Gasteiger partial charge in [0.2, 0.25) is 5.84 Å². The van der Waals surface area contributed by atoms with Crippen molar-refractivity contribution in [2.75, 3.05) is 6.61 Å². The summed E-state index contributed by atoms with van der Waals surface area (Å²) in [4.78, 5) is 15.8. The van der Waals surface area contributed by atoms with Crippen LogP contribution in [-0.4, -0.2) is 29.4 Å². The fraction of sp³-hybridized carbons (Fsp3) is 0.200. The van der Waals surface area contributed by atoms with Crippen LogP contribution in [0.1, 0.15) is 18.2 Å². The molecule has 0 saturated carbocycles. The Kier molecular flexibility index (Phi) is 5.56. The summed E-state index contributed by atoms with van der Waals surface area (Å²) in [5, 5.41) is 14.0. The van der Waals surface area contributed by atoms with E-state index in [0.717, 1.165) is 0 Å². The van der Waals surface area contributed by atoms with Gasteiger partial charge in [-0.3, -0.25) is 5.41 Å². The second-order valence-electron chi connectivity index (χ2n) is 4.36. The number of hydrogen-bond acceptors (Lipinski definition) is 5. The van der Waals surface area contributed by atoms with Crippen molar-refractivity contribution in [3.05, 3.63) is 53.7 Å². The molecule has 0 atom stereocenters. The topological polar surface area (TPSA) is 101 Å². The number of rotatable bonds is 4. The molecular formula is C15H15FN4O3. The van der Waals surface area contributed by atoms with Gasteiger partial charge in [0.1, 0.15) is 12.1 Å². The number of aliphatic imine (C=N–C) groups is 1. The Hall–Kier alpha value is -3.03. The van der Waals surface area contributed by atoms with Gasteiger partial charge >= 0.3 is 5.97 Å². The molecular weight excluding hydrogens is 303 g/mol. The highest BCUT2D eigenvalue weighted by Crippen LogP contribution is 2.06. The molecule has 2 aromatic rings. The first kappa shape index (κ1) is 16.3. The van der Waals surface area contributed by atoms with E-state index in [1.807, 2.05) is 0 Å². The van der Waals surface area contributed by atoms with Gasteiger partial charge in [-0.2, -0.15) is 0 Å². The molecule has 0 saturated heterocycles. The predicted molar refractivity (Wildman–Crippen MR) is 80.6 cm³/mol. The van der Waals surface area contributed by atoms with Gasteiger partial charge in [0.15, 0.2) is 11.5 Å². The molecule has 2 rings (SSSR count). The lowest BCUT2D eigenvalue weighted by Crippen LogP contribution is -2.33. The second-order valence-corrected chi connectivity index (χ2v) is 4.36. The van der Waals surface area contributed by atoms with E-state index in [9.17, 15) is 9.18 Å². The van der Waals surface area contributed by atoms with Crippen molar-refractivity contribution in [1.29, 1.82) is 5.41 Å². The number of esters is 1. The fourth-order valence-electron chi connectivity index (χ4n) is 1.68. The zero-order valence-electron chi connectivity index (χ0n) is 12.4. The van der Waals surface area contributed by atoms with Crippen LogP contribution >= 0.6 is 0 Å². The van der Waals surface area contributed by atoms with Gasteiger partial charge in [0.05, 0.1) is 6.61 Å². The minimum absolute atomic E-state index is 0.0242. The standard InChI is InChI=1S/C15H15FN4O3/c1-2-22-15(21)14(19-13(17)12-7-8-23-20-12)18-9-10-5-3-4-6-11(10)16/h3-8H,2,9H2,1H3,(H2,17,18,19). The van der Waals surface area contributed by atoms with Crippen LogP contribution in [0.2, 0.25) is 0 Å². The molecule has 0 amide bonds. The first-order valence-corrected chi connectivity index (χ1v) is 6.84. The Morgan fingerprint density at radius 2 is 2.22 bits per heavy atom. The van der Waals surface area contributed by atoms with Crippen molar-refractivity contribution in [2.24, 2.45) is 4.99 Å². The van der Waals surface area contributed by atoms with E-state index in [1.54, 1.807) is 25.1 Å². The maximum Gasteiger partial charge on any atom is 0.374 e. The van der Waals surface area contributed by atoms with Crippen LogP contribution in [0.5, 0.6) is 0 Å². The summed E-state index contributed by atoms with van der Waals surface area (Å²) in [5.74, 6) is -1.63. The minimum Gasteiger partial charge on any atom is -0.460 e. The van der Waals surface area contributed by atoms with E-state index in [4.69, 9.17) is 10.1 Å².